The van der Waals surface area contributed by atoms with E-state index in [-0.39, 0.29) is 11.9 Å². The van der Waals surface area contributed by atoms with E-state index in [0.29, 0.717) is 6.54 Å². The Kier molecular flexibility index (Phi) is 6.14. The number of carbonyl (C=O) groups excluding carboxylic acids is 1. The van der Waals surface area contributed by atoms with Crippen molar-refractivity contribution in [2.45, 2.75) is 18.8 Å². The number of urea groups is 1. The fraction of sp³-hybridized carbons (Fsp3) is 0.116. The fourth-order valence-corrected chi connectivity index (χ4v) is 8.00. The molecule has 220 valence electrons. The van der Waals surface area contributed by atoms with Crippen LogP contribution in [0.2, 0.25) is 0 Å². The van der Waals surface area contributed by atoms with Crippen LogP contribution >= 0.6 is 0 Å². The summed E-state index contributed by atoms with van der Waals surface area (Å²) < 4.78 is 0. The molecule has 3 aliphatic rings. The normalized spacial score (nSPS) is 16.9. The van der Waals surface area contributed by atoms with Crippen LogP contribution in [0.4, 0.5) is 4.79 Å². The molecule has 6 aromatic rings. The molecule has 3 nitrogen and oxygen atoms in total. The van der Waals surface area contributed by atoms with Gasteiger partial charge in [-0.05, 0) is 90.0 Å². The van der Waals surface area contributed by atoms with Gasteiger partial charge in [-0.3, -0.25) is 0 Å². The molecule has 6 aromatic carbocycles. The van der Waals surface area contributed by atoms with Crippen LogP contribution in [0, 0.1) is 0 Å². The lowest BCUT2D eigenvalue weighted by Gasteiger charge is -2.31. The van der Waals surface area contributed by atoms with Crippen molar-refractivity contribution < 1.29 is 4.79 Å². The van der Waals surface area contributed by atoms with E-state index < -0.39 is 0 Å². The third-order valence-electron chi connectivity index (χ3n) is 10.0. The highest BCUT2D eigenvalue weighted by molar-refractivity contribution is 6.28. The van der Waals surface area contributed by atoms with Crippen molar-refractivity contribution in [3.8, 4) is 44.5 Å². The van der Waals surface area contributed by atoms with Crippen LogP contribution in [0.1, 0.15) is 24.3 Å². The average molecular weight is 593 g/mol. The Morgan fingerprint density at radius 1 is 0.652 bits per heavy atom. The molecule has 9 rings (SSSR count). The van der Waals surface area contributed by atoms with Crippen LogP contribution in [0.5, 0.6) is 0 Å². The number of amides is 2. The van der Waals surface area contributed by atoms with Gasteiger partial charge in [0.1, 0.15) is 0 Å². The Morgan fingerprint density at radius 3 is 1.89 bits per heavy atom. The number of rotatable bonds is 4. The molecule has 0 fully saturated rings. The van der Waals surface area contributed by atoms with Crippen molar-refractivity contribution >= 4 is 33.3 Å². The van der Waals surface area contributed by atoms with Gasteiger partial charge in [0, 0.05) is 19.5 Å². The second kappa shape index (κ2) is 10.5. The summed E-state index contributed by atoms with van der Waals surface area (Å²) >= 11 is 0. The molecular formula is C43H32N2O. The van der Waals surface area contributed by atoms with E-state index in [1.165, 1.54) is 77.2 Å². The minimum atomic E-state index is -0.160. The van der Waals surface area contributed by atoms with E-state index in [1.807, 2.05) is 7.05 Å². The molecule has 0 saturated heterocycles. The first-order valence-electron chi connectivity index (χ1n) is 16.1. The summed E-state index contributed by atoms with van der Waals surface area (Å²) in [5.41, 5.74) is 13.5. The third-order valence-corrected chi connectivity index (χ3v) is 10.0. The van der Waals surface area contributed by atoms with Crippen molar-refractivity contribution in [1.82, 2.24) is 4.90 Å². The standard InChI is InChI=1S/C43H32N2O/c1-45-26-36(42(44-43(45)46)29-18-9-4-10-19-29)30-24-25-35-39-31(30)22-13-23-34(39)40-37(27-14-5-2-6-15-27)32-20-11-12-21-33(32)38(41(35)40)28-16-7-3-8-17-28/h2-9,11-18,20-25,36H,10,19,26H2,1H3. The largest absolute Gasteiger partial charge is 0.343 e. The van der Waals surface area contributed by atoms with E-state index in [4.69, 9.17) is 4.99 Å². The van der Waals surface area contributed by atoms with Crippen LogP contribution in [0.25, 0.3) is 66.1 Å². The van der Waals surface area contributed by atoms with Crippen LogP contribution in [-0.4, -0.2) is 30.2 Å². The van der Waals surface area contributed by atoms with Gasteiger partial charge in [-0.1, -0.05) is 133 Å². The Labute approximate surface area is 268 Å². The molecule has 0 saturated carbocycles. The van der Waals surface area contributed by atoms with E-state index in [2.05, 4.69) is 133 Å². The third kappa shape index (κ3) is 3.98. The Bertz CT molecular complexity index is 2220. The Balaban J connectivity index is 1.37. The second-order valence-electron chi connectivity index (χ2n) is 12.6. The number of nitrogens with zero attached hydrogens (tertiary/aromatic N) is 2. The number of fused-ring (bicyclic) bond motifs is 4. The van der Waals surface area contributed by atoms with Gasteiger partial charge in [0.2, 0.25) is 0 Å². The minimum absolute atomic E-state index is 0.00489. The maximum atomic E-state index is 12.9. The first-order chi connectivity index (χ1) is 22.7. The maximum Gasteiger partial charge on any atom is 0.343 e. The molecule has 1 aliphatic heterocycles. The van der Waals surface area contributed by atoms with Gasteiger partial charge in [-0.15, -0.1) is 0 Å². The minimum Gasteiger partial charge on any atom is -0.325 e. The smallest absolute Gasteiger partial charge is 0.325 e. The topological polar surface area (TPSA) is 32.7 Å². The molecule has 1 atom stereocenters. The van der Waals surface area contributed by atoms with Gasteiger partial charge in [-0.2, -0.15) is 4.99 Å². The molecule has 2 aliphatic carbocycles. The lowest BCUT2D eigenvalue weighted by atomic mass is 9.82. The molecule has 0 spiro atoms. The zero-order chi connectivity index (χ0) is 30.8. The van der Waals surface area contributed by atoms with E-state index in [9.17, 15) is 4.79 Å². The summed E-state index contributed by atoms with van der Waals surface area (Å²) in [6.07, 6.45) is 8.31. The van der Waals surface area contributed by atoms with Gasteiger partial charge in [0.25, 0.3) is 0 Å². The van der Waals surface area contributed by atoms with Crippen molar-refractivity contribution in [3.05, 3.63) is 145 Å². The molecular weight excluding hydrogens is 560 g/mol. The van der Waals surface area contributed by atoms with Crippen molar-refractivity contribution in [2.24, 2.45) is 4.99 Å². The zero-order valence-electron chi connectivity index (χ0n) is 25.7. The molecule has 46 heavy (non-hydrogen) atoms. The van der Waals surface area contributed by atoms with Crippen molar-refractivity contribution in [2.75, 3.05) is 13.6 Å². The predicted octanol–water partition coefficient (Wildman–Crippen LogP) is 10.8. The summed E-state index contributed by atoms with van der Waals surface area (Å²) in [5, 5.41) is 5.04. The number of hydrogen-bond acceptors (Lipinski definition) is 1. The second-order valence-corrected chi connectivity index (χ2v) is 12.6. The maximum absolute atomic E-state index is 12.9. The predicted molar refractivity (Wildman–Crippen MR) is 191 cm³/mol. The molecule has 1 heterocycles. The monoisotopic (exact) mass is 592 g/mol. The number of likely N-dealkylation sites (N-methyl/N-ethyl adjacent to an activating group) is 1. The van der Waals surface area contributed by atoms with E-state index in [0.717, 1.165) is 18.6 Å². The Morgan fingerprint density at radius 2 is 1.26 bits per heavy atom. The lowest BCUT2D eigenvalue weighted by molar-refractivity contribution is 0.215. The average Bonchev–Trinajstić information content (AvgIpc) is 3.44. The highest BCUT2D eigenvalue weighted by atomic mass is 16.2. The summed E-state index contributed by atoms with van der Waals surface area (Å²) in [7, 11) is 1.87. The Hall–Kier alpha value is -5.54. The SMILES string of the molecule is CN1CC(c2ccc3c4c(cccc24)-c2c-3c(-c3ccccc3)c3ccccc3c2-c2ccccc2)C(C2=CC=CCC2)=NC1=O. The first kappa shape index (κ1) is 26.8. The van der Waals surface area contributed by atoms with Gasteiger partial charge >= 0.3 is 6.03 Å². The van der Waals surface area contributed by atoms with Crippen LogP contribution in [0.15, 0.2) is 144 Å². The van der Waals surface area contributed by atoms with E-state index >= 15 is 0 Å². The van der Waals surface area contributed by atoms with Crippen LogP contribution < -0.4 is 0 Å². The summed E-state index contributed by atoms with van der Waals surface area (Å²) in [6, 6.07) is 41.9. The molecule has 3 heteroatoms. The zero-order valence-corrected chi connectivity index (χ0v) is 25.7. The summed E-state index contributed by atoms with van der Waals surface area (Å²) in [6.45, 7) is 0.610. The number of allylic oxidation sites excluding steroid dienone is 4. The molecule has 1 unspecified atom stereocenters. The van der Waals surface area contributed by atoms with Gasteiger partial charge in [0.15, 0.2) is 0 Å². The number of carbonyl (C=O) groups is 1. The van der Waals surface area contributed by atoms with Crippen LogP contribution in [0.3, 0.4) is 0 Å². The van der Waals surface area contributed by atoms with Crippen LogP contribution in [-0.2, 0) is 0 Å². The lowest BCUT2D eigenvalue weighted by Crippen LogP contribution is -2.38. The molecule has 0 bridgehead atoms. The number of hydrogen-bond donors (Lipinski definition) is 0. The molecule has 0 aromatic heterocycles. The van der Waals surface area contributed by atoms with Crippen molar-refractivity contribution in [3.63, 3.8) is 0 Å². The van der Waals surface area contributed by atoms with Gasteiger partial charge < -0.3 is 4.90 Å². The molecule has 0 N–H and O–H groups in total. The summed E-state index contributed by atoms with van der Waals surface area (Å²) in [4.78, 5) is 19.4. The first-order valence-corrected chi connectivity index (χ1v) is 16.1. The summed E-state index contributed by atoms with van der Waals surface area (Å²) in [5.74, 6) is -0.00489. The van der Waals surface area contributed by atoms with Crippen molar-refractivity contribution in [1.29, 1.82) is 0 Å². The van der Waals surface area contributed by atoms with E-state index in [1.54, 1.807) is 4.90 Å². The van der Waals surface area contributed by atoms with Gasteiger partial charge in [0.05, 0.1) is 5.71 Å². The molecule has 2 amide bonds. The fourth-order valence-electron chi connectivity index (χ4n) is 8.00. The highest BCUT2D eigenvalue weighted by Crippen LogP contribution is 2.58. The number of benzene rings is 6. The quantitative estimate of drug-likeness (QED) is 0.200. The van der Waals surface area contributed by atoms with Gasteiger partial charge in [-0.25, -0.2) is 4.79 Å². The highest BCUT2D eigenvalue weighted by Gasteiger charge is 2.35. The number of aliphatic imine (C=N–C) groups is 1. The molecule has 0 radical (unpaired) electrons.